The third-order valence-corrected chi connectivity index (χ3v) is 0.461. The number of halogens is 5. The number of hydrogen-bond donors (Lipinski definition) is 1. The predicted octanol–water partition coefficient (Wildman–Crippen LogP) is 1.07. The predicted molar refractivity (Wildman–Crippen MR) is 22.1 cm³/mol. The Morgan fingerprint density at radius 2 is 1.55 bits per heavy atom. The minimum atomic E-state index is -5.00. The van der Waals surface area contributed by atoms with E-state index < -0.39 is 12.2 Å². The third kappa shape index (κ3) is 5.57. The molecule has 0 aromatic rings. The Bertz CT molecular complexity index is 185. The first-order chi connectivity index (χ1) is 4.77. The molecule has 0 aliphatic rings. The van der Waals surface area contributed by atoms with Crippen LogP contribution in [0.4, 0.5) is 22.1 Å². The van der Waals surface area contributed by atoms with Gasteiger partial charge in [0.05, 0.1) is 0 Å². The van der Waals surface area contributed by atoms with Crippen LogP contribution in [0.1, 0.15) is 0 Å². The molecule has 0 aliphatic heterocycles. The lowest BCUT2D eigenvalue weighted by Gasteiger charge is -2.02. The zero-order chi connectivity index (χ0) is 9.12. The smallest absolute Gasteiger partial charge is 0.327 e. The molecule has 0 amide bonds. The van der Waals surface area contributed by atoms with Crippen molar-refractivity contribution >= 4 is 0 Å². The molecule has 0 spiro atoms. The minimum Gasteiger partial charge on any atom is -0.327 e. The van der Waals surface area contributed by atoms with E-state index in [1.807, 2.05) is 4.94 Å². The van der Waals surface area contributed by atoms with Gasteiger partial charge in [-0.25, -0.2) is 0 Å². The maximum Gasteiger partial charge on any atom is 0.457 e. The summed E-state index contributed by atoms with van der Waals surface area (Å²) in [6, 6.07) is -4.20. The number of aliphatic hydroxyl groups is 1. The van der Waals surface area contributed by atoms with Crippen molar-refractivity contribution in [3.63, 3.8) is 0 Å². The molecule has 0 fully saturated rings. The van der Waals surface area contributed by atoms with Crippen LogP contribution in [0, 0.1) is 11.8 Å². The van der Waals surface area contributed by atoms with Gasteiger partial charge in [0.2, 0.25) is 0 Å². The van der Waals surface area contributed by atoms with Gasteiger partial charge in [-0.05, 0) is 4.53 Å². The third-order valence-electron chi connectivity index (χ3n) is 0.461. The first-order valence-electron chi connectivity index (χ1n) is 2.09. The molecule has 1 atom stereocenters. The number of hydrogen-bond acceptors (Lipinski definition) is 2. The van der Waals surface area contributed by atoms with Crippen molar-refractivity contribution in [3.8, 4) is 11.8 Å². The van der Waals surface area contributed by atoms with Crippen LogP contribution >= 0.6 is 0 Å². The molecule has 0 aromatic carbocycles. The van der Waals surface area contributed by atoms with Gasteiger partial charge in [-0.2, -0.15) is 17.6 Å². The van der Waals surface area contributed by atoms with Crippen LogP contribution in [-0.4, -0.2) is 17.3 Å². The van der Waals surface area contributed by atoms with Crippen molar-refractivity contribution in [1.29, 1.82) is 0 Å². The van der Waals surface area contributed by atoms with E-state index in [1.165, 1.54) is 0 Å². The Balaban J connectivity index is 4.29. The molecule has 7 heteroatoms. The molecule has 1 unspecified atom stereocenters. The minimum absolute atomic E-state index is 0.273. The van der Waals surface area contributed by atoms with Gasteiger partial charge in [0.15, 0.2) is 0 Å². The normalized spacial score (nSPS) is 16.5. The molecule has 0 bridgehead atoms. The highest BCUT2D eigenvalue weighted by atomic mass is 19.4. The van der Waals surface area contributed by atoms with Crippen LogP contribution in [0.2, 0.25) is 0 Å². The molecule has 0 radical (unpaired) electrons. The summed E-state index contributed by atoms with van der Waals surface area (Å²) in [6.07, 6.45) is -5.00. The van der Waals surface area contributed by atoms with Gasteiger partial charge >= 0.3 is 12.2 Å². The summed E-state index contributed by atoms with van der Waals surface area (Å²) in [5.74, 6) is 0.738. The van der Waals surface area contributed by atoms with Crippen LogP contribution in [0.15, 0.2) is 0 Å². The van der Waals surface area contributed by atoms with Crippen LogP contribution in [-0.2, 0) is 4.94 Å². The van der Waals surface area contributed by atoms with Crippen LogP contribution in [0.3, 0.4) is 0 Å². The average Bonchev–Trinajstić information content (AvgIpc) is 1.83. The largest absolute Gasteiger partial charge is 0.457 e. The highest BCUT2D eigenvalue weighted by Gasteiger charge is 2.29. The molecule has 0 aromatic heterocycles. The maximum absolute atomic E-state index is 11.6. The Morgan fingerprint density at radius 1 is 1.09 bits per heavy atom. The molecule has 0 heterocycles. The summed E-state index contributed by atoms with van der Waals surface area (Å²) in [5.41, 5.74) is 0. The molecule has 0 rings (SSSR count). The summed E-state index contributed by atoms with van der Waals surface area (Å²) in [4.78, 5) is 2.05. The van der Waals surface area contributed by atoms with E-state index in [2.05, 4.69) is 0 Å². The van der Waals surface area contributed by atoms with Crippen molar-refractivity contribution in [1.82, 2.24) is 0 Å². The molecule has 11 heavy (non-hydrogen) atoms. The number of rotatable bonds is 1. The molecule has 0 saturated carbocycles. The van der Waals surface area contributed by atoms with Crippen molar-refractivity contribution in [2.45, 2.75) is 12.2 Å². The first-order valence-corrected chi connectivity index (χ1v) is 2.09. The second-order valence-electron chi connectivity index (χ2n) is 1.39. The fraction of sp³-hybridized carbons (Fsp3) is 0.500. The first kappa shape index (κ1) is 10.1. The molecule has 0 aliphatic carbocycles. The highest BCUT2D eigenvalue weighted by molar-refractivity contribution is 5.09. The summed E-state index contributed by atoms with van der Waals surface area (Å²) < 4.78 is 55.7. The van der Waals surface area contributed by atoms with E-state index in [1.54, 1.807) is 0 Å². The van der Waals surface area contributed by atoms with Gasteiger partial charge in [-0.15, -0.1) is 4.94 Å². The molecule has 2 nitrogen and oxygen atoms in total. The monoisotopic (exact) mass is 176 g/mol. The summed E-state index contributed by atoms with van der Waals surface area (Å²) in [7, 11) is 0. The van der Waals surface area contributed by atoms with Crippen molar-refractivity contribution in [2.24, 2.45) is 0 Å². The average molecular weight is 176 g/mol. The standard InChI is InChI=1S/C4HF5O2/c5-3(6,7)1-2-4(8,10)11-9/h10H. The SMILES string of the molecule is OC(F)(C#CC(F)(F)F)OF. The van der Waals surface area contributed by atoms with Crippen molar-refractivity contribution < 1.29 is 32.1 Å². The van der Waals surface area contributed by atoms with E-state index in [0.717, 1.165) is 0 Å². The number of alkyl halides is 4. The quantitative estimate of drug-likeness (QED) is 0.368. The van der Waals surface area contributed by atoms with Gasteiger partial charge in [0, 0.05) is 11.8 Å². The van der Waals surface area contributed by atoms with Crippen LogP contribution < -0.4 is 0 Å². The Morgan fingerprint density at radius 3 is 1.82 bits per heavy atom. The van der Waals surface area contributed by atoms with Crippen LogP contribution in [0.25, 0.3) is 0 Å². The second-order valence-corrected chi connectivity index (χ2v) is 1.39. The Kier molecular flexibility index (Phi) is 2.78. The van der Waals surface area contributed by atoms with Gasteiger partial charge in [-0.1, -0.05) is 0 Å². The zero-order valence-electron chi connectivity index (χ0n) is 4.75. The van der Waals surface area contributed by atoms with Crippen molar-refractivity contribution in [2.75, 3.05) is 0 Å². The second kappa shape index (κ2) is 3.02. The van der Waals surface area contributed by atoms with Gasteiger partial charge in [0.25, 0.3) is 0 Å². The summed E-state index contributed by atoms with van der Waals surface area (Å²) in [6.45, 7) is 0. The van der Waals surface area contributed by atoms with E-state index in [4.69, 9.17) is 5.11 Å². The van der Waals surface area contributed by atoms with Gasteiger partial charge < -0.3 is 5.11 Å². The fourth-order valence-electron chi connectivity index (χ4n) is 0.167. The van der Waals surface area contributed by atoms with E-state index in [9.17, 15) is 22.1 Å². The Labute approximate surface area is 57.5 Å². The molecule has 0 saturated heterocycles. The summed E-state index contributed by atoms with van der Waals surface area (Å²) in [5, 5.41) is 7.75. The van der Waals surface area contributed by atoms with Gasteiger partial charge in [0.1, 0.15) is 0 Å². The maximum atomic E-state index is 11.6. The molecular formula is C4HF5O2. The molecular weight excluding hydrogens is 175 g/mol. The zero-order valence-corrected chi connectivity index (χ0v) is 4.75. The fourth-order valence-corrected chi connectivity index (χ4v) is 0.167. The van der Waals surface area contributed by atoms with E-state index in [0.29, 0.717) is 5.92 Å². The lowest BCUT2D eigenvalue weighted by atomic mass is 10.5. The lowest BCUT2D eigenvalue weighted by Crippen LogP contribution is -2.20. The van der Waals surface area contributed by atoms with E-state index in [-0.39, 0.29) is 5.92 Å². The lowest BCUT2D eigenvalue weighted by molar-refractivity contribution is -0.356. The van der Waals surface area contributed by atoms with Crippen LogP contribution in [0.5, 0.6) is 0 Å². The summed E-state index contributed by atoms with van der Waals surface area (Å²) >= 11 is 0. The highest BCUT2D eigenvalue weighted by Crippen LogP contribution is 2.14. The van der Waals surface area contributed by atoms with Gasteiger partial charge in [-0.3, -0.25) is 0 Å². The molecule has 1 N–H and O–H groups in total. The van der Waals surface area contributed by atoms with Crippen molar-refractivity contribution in [3.05, 3.63) is 0 Å². The Hall–Kier alpha value is -0.870. The van der Waals surface area contributed by atoms with E-state index >= 15 is 0 Å². The topological polar surface area (TPSA) is 29.5 Å². The molecule has 64 valence electrons.